The van der Waals surface area contributed by atoms with Crippen molar-refractivity contribution in [3.8, 4) is 5.75 Å². The largest absolute Gasteiger partial charge is 0.496 e. The maximum atomic E-state index is 12.8. The van der Waals surface area contributed by atoms with E-state index in [0.29, 0.717) is 29.7 Å². The van der Waals surface area contributed by atoms with E-state index in [9.17, 15) is 9.59 Å². The van der Waals surface area contributed by atoms with Crippen LogP contribution in [0.25, 0.3) is 0 Å². The van der Waals surface area contributed by atoms with Gasteiger partial charge >= 0.3 is 5.97 Å². The standard InChI is InChI=1S/C23H34N4O4.HI/c1-24-23(25-14-16-9-10-19(22(29)31-3)20(13-16)30-2)26-18-11-12-27(15-18)21(28)17-7-5-4-6-8-17;/h9-10,13,17-18H,4-8,11-12,14-15H2,1-3H3,(H2,24,25,26);1H. The molecule has 1 aliphatic heterocycles. The number of carbonyl (C=O) groups is 2. The fourth-order valence-electron chi connectivity index (χ4n) is 4.38. The Morgan fingerprint density at radius 2 is 1.91 bits per heavy atom. The molecule has 2 fully saturated rings. The van der Waals surface area contributed by atoms with Crippen LogP contribution in [-0.4, -0.2) is 63.1 Å². The highest BCUT2D eigenvalue weighted by Crippen LogP contribution is 2.27. The van der Waals surface area contributed by atoms with Gasteiger partial charge in [0, 0.05) is 38.6 Å². The van der Waals surface area contributed by atoms with E-state index >= 15 is 0 Å². The van der Waals surface area contributed by atoms with E-state index in [2.05, 4.69) is 15.6 Å². The van der Waals surface area contributed by atoms with Gasteiger partial charge in [-0.3, -0.25) is 9.79 Å². The molecule has 8 nitrogen and oxygen atoms in total. The molecule has 0 spiro atoms. The first-order valence-electron chi connectivity index (χ1n) is 11.1. The molecule has 9 heteroatoms. The van der Waals surface area contributed by atoms with Crippen molar-refractivity contribution in [1.82, 2.24) is 15.5 Å². The number of rotatable bonds is 6. The maximum absolute atomic E-state index is 12.8. The quantitative estimate of drug-likeness (QED) is 0.242. The summed E-state index contributed by atoms with van der Waals surface area (Å²) in [7, 11) is 4.61. The van der Waals surface area contributed by atoms with Crippen LogP contribution in [-0.2, 0) is 16.1 Å². The highest BCUT2D eigenvalue weighted by atomic mass is 127. The molecule has 32 heavy (non-hydrogen) atoms. The van der Waals surface area contributed by atoms with Crippen LogP contribution in [0.2, 0.25) is 0 Å². The lowest BCUT2D eigenvalue weighted by atomic mass is 9.88. The molecule has 0 aromatic heterocycles. The molecular formula is C23H35IN4O4. The number of guanidine groups is 1. The fourth-order valence-corrected chi connectivity index (χ4v) is 4.38. The highest BCUT2D eigenvalue weighted by molar-refractivity contribution is 14.0. The average molecular weight is 558 g/mol. The van der Waals surface area contributed by atoms with E-state index in [-0.39, 0.29) is 35.9 Å². The summed E-state index contributed by atoms with van der Waals surface area (Å²) < 4.78 is 10.1. The van der Waals surface area contributed by atoms with Crippen LogP contribution in [0.1, 0.15) is 54.4 Å². The summed E-state index contributed by atoms with van der Waals surface area (Å²) in [5, 5.41) is 6.73. The van der Waals surface area contributed by atoms with Crippen LogP contribution in [0.15, 0.2) is 23.2 Å². The zero-order valence-electron chi connectivity index (χ0n) is 19.2. The van der Waals surface area contributed by atoms with Crippen LogP contribution >= 0.6 is 24.0 Å². The van der Waals surface area contributed by atoms with Gasteiger partial charge in [-0.15, -0.1) is 24.0 Å². The van der Waals surface area contributed by atoms with Gasteiger partial charge in [0.2, 0.25) is 5.91 Å². The first kappa shape index (κ1) is 26.2. The van der Waals surface area contributed by atoms with Gasteiger partial charge in [-0.25, -0.2) is 4.79 Å². The summed E-state index contributed by atoms with van der Waals surface area (Å²) in [6.45, 7) is 2.04. The van der Waals surface area contributed by atoms with Crippen molar-refractivity contribution in [2.75, 3.05) is 34.4 Å². The Hall–Kier alpha value is -2.04. The lowest BCUT2D eigenvalue weighted by molar-refractivity contribution is -0.135. The summed E-state index contributed by atoms with van der Waals surface area (Å²) in [4.78, 5) is 30.9. The Balaban J connectivity index is 0.00000363. The second-order valence-corrected chi connectivity index (χ2v) is 8.20. The summed E-state index contributed by atoms with van der Waals surface area (Å²) >= 11 is 0. The molecule has 1 atom stereocenters. The van der Waals surface area contributed by atoms with E-state index in [1.807, 2.05) is 17.0 Å². The monoisotopic (exact) mass is 558 g/mol. The molecule has 2 N–H and O–H groups in total. The molecule has 3 rings (SSSR count). The first-order valence-corrected chi connectivity index (χ1v) is 11.1. The number of nitrogens with one attached hydrogen (secondary N) is 2. The third kappa shape index (κ3) is 6.73. The average Bonchev–Trinajstić information content (AvgIpc) is 3.29. The van der Waals surface area contributed by atoms with Gasteiger partial charge in [-0.2, -0.15) is 0 Å². The fraction of sp³-hybridized carbons (Fsp3) is 0.609. The Bertz CT molecular complexity index is 811. The molecule has 0 radical (unpaired) electrons. The normalized spacial score (nSPS) is 19.2. The third-order valence-corrected chi connectivity index (χ3v) is 6.15. The number of methoxy groups -OCH3 is 2. The van der Waals surface area contributed by atoms with E-state index in [4.69, 9.17) is 9.47 Å². The van der Waals surface area contributed by atoms with E-state index in [1.165, 1.54) is 33.5 Å². The lowest BCUT2D eigenvalue weighted by Crippen LogP contribution is -2.45. The zero-order valence-corrected chi connectivity index (χ0v) is 21.5. The number of aliphatic imine (C=N–C) groups is 1. The Morgan fingerprint density at radius 1 is 1.16 bits per heavy atom. The number of ether oxygens (including phenoxy) is 2. The minimum atomic E-state index is -0.428. The molecule has 2 aliphatic rings. The Morgan fingerprint density at radius 3 is 2.56 bits per heavy atom. The third-order valence-electron chi connectivity index (χ3n) is 6.15. The number of likely N-dealkylation sites (tertiary alicyclic amines) is 1. The topological polar surface area (TPSA) is 92.3 Å². The molecule has 1 unspecified atom stereocenters. The summed E-state index contributed by atoms with van der Waals surface area (Å²) in [5.41, 5.74) is 1.35. The number of esters is 1. The van der Waals surface area contributed by atoms with Crippen LogP contribution in [0.4, 0.5) is 0 Å². The molecule has 1 aromatic rings. The van der Waals surface area contributed by atoms with Crippen molar-refractivity contribution in [2.45, 2.75) is 51.1 Å². The van der Waals surface area contributed by atoms with Crippen molar-refractivity contribution in [3.05, 3.63) is 29.3 Å². The molecule has 1 saturated carbocycles. The molecule has 0 bridgehead atoms. The summed E-state index contributed by atoms with van der Waals surface area (Å²) in [5.74, 6) is 1.27. The predicted octanol–water partition coefficient (Wildman–Crippen LogP) is 2.95. The highest BCUT2D eigenvalue weighted by Gasteiger charge is 2.31. The molecule has 1 aliphatic carbocycles. The van der Waals surface area contributed by atoms with Crippen molar-refractivity contribution in [3.63, 3.8) is 0 Å². The predicted molar refractivity (Wildman–Crippen MR) is 135 cm³/mol. The molecule has 1 saturated heterocycles. The van der Waals surface area contributed by atoms with Gasteiger partial charge < -0.3 is 25.0 Å². The zero-order chi connectivity index (χ0) is 22.2. The number of carbonyl (C=O) groups excluding carboxylic acids is 2. The molecule has 1 aromatic carbocycles. The molecule has 1 amide bonds. The lowest BCUT2D eigenvalue weighted by Gasteiger charge is -2.26. The number of benzene rings is 1. The molecule has 1 heterocycles. The van der Waals surface area contributed by atoms with Crippen LogP contribution in [0.5, 0.6) is 5.75 Å². The maximum Gasteiger partial charge on any atom is 0.341 e. The number of halogens is 1. The van der Waals surface area contributed by atoms with Crippen LogP contribution in [0.3, 0.4) is 0 Å². The van der Waals surface area contributed by atoms with Gasteiger partial charge in [0.15, 0.2) is 5.96 Å². The van der Waals surface area contributed by atoms with Gasteiger partial charge in [0.1, 0.15) is 11.3 Å². The summed E-state index contributed by atoms with van der Waals surface area (Å²) in [6, 6.07) is 5.56. The smallest absolute Gasteiger partial charge is 0.341 e. The Labute approximate surface area is 207 Å². The minimum absolute atomic E-state index is 0. The second kappa shape index (κ2) is 12.9. The molecule has 178 valence electrons. The number of hydrogen-bond acceptors (Lipinski definition) is 5. The van der Waals surface area contributed by atoms with Gasteiger partial charge in [-0.05, 0) is 37.0 Å². The van der Waals surface area contributed by atoms with E-state index in [1.54, 1.807) is 13.1 Å². The second-order valence-electron chi connectivity index (χ2n) is 8.20. The van der Waals surface area contributed by atoms with Crippen molar-refractivity contribution in [1.29, 1.82) is 0 Å². The van der Waals surface area contributed by atoms with Gasteiger partial charge in [-0.1, -0.05) is 25.3 Å². The summed E-state index contributed by atoms with van der Waals surface area (Å²) in [6.07, 6.45) is 6.60. The minimum Gasteiger partial charge on any atom is -0.496 e. The first-order chi connectivity index (χ1) is 15.0. The van der Waals surface area contributed by atoms with Crippen molar-refractivity contribution >= 4 is 41.8 Å². The number of hydrogen-bond donors (Lipinski definition) is 2. The van der Waals surface area contributed by atoms with E-state index in [0.717, 1.165) is 37.9 Å². The molecular weight excluding hydrogens is 523 g/mol. The SMILES string of the molecule is CN=C(NCc1ccc(C(=O)OC)c(OC)c1)NC1CCN(C(=O)C2CCCCC2)C1.I. The van der Waals surface area contributed by atoms with Crippen LogP contribution in [0, 0.1) is 5.92 Å². The van der Waals surface area contributed by atoms with Crippen LogP contribution < -0.4 is 15.4 Å². The van der Waals surface area contributed by atoms with Crippen molar-refractivity contribution < 1.29 is 19.1 Å². The van der Waals surface area contributed by atoms with Crippen molar-refractivity contribution in [2.24, 2.45) is 10.9 Å². The Kier molecular flexibility index (Phi) is 10.5. The number of amides is 1. The number of nitrogens with zero attached hydrogens (tertiary/aromatic N) is 2. The van der Waals surface area contributed by atoms with E-state index < -0.39 is 5.97 Å². The van der Waals surface area contributed by atoms with Gasteiger partial charge in [0.25, 0.3) is 0 Å². The van der Waals surface area contributed by atoms with Gasteiger partial charge in [0.05, 0.1) is 14.2 Å².